The molecule has 5 nitrogen and oxygen atoms in total. The summed E-state index contributed by atoms with van der Waals surface area (Å²) in [4.78, 5) is 7.47. The highest BCUT2D eigenvalue weighted by molar-refractivity contribution is 5.86. The number of imidazole rings is 1. The van der Waals surface area contributed by atoms with Crippen molar-refractivity contribution in [3.63, 3.8) is 0 Å². The zero-order valence-electron chi connectivity index (χ0n) is 10.4. The molecule has 1 fully saturated rings. The van der Waals surface area contributed by atoms with Gasteiger partial charge in [-0.1, -0.05) is 6.07 Å². The zero-order chi connectivity index (χ0) is 12.5. The first-order chi connectivity index (χ1) is 8.79. The molecule has 18 heavy (non-hydrogen) atoms. The molecule has 1 aromatic heterocycles. The van der Waals surface area contributed by atoms with E-state index in [0.717, 1.165) is 42.8 Å². The molecule has 1 aromatic carbocycles. The second-order valence-electron chi connectivity index (χ2n) is 4.59. The standard InChI is InChI=1S/C13H17N3O2/c1-17-10-3-2-9(8-4-6-18-7-5-8)11-12(10)16-13(14)15-11/h2-3,8H,4-7H2,1H3,(H3,14,15,16). The Morgan fingerprint density at radius 2 is 2.17 bits per heavy atom. The second-order valence-corrected chi connectivity index (χ2v) is 4.59. The molecule has 1 aliphatic heterocycles. The number of benzene rings is 1. The van der Waals surface area contributed by atoms with Gasteiger partial charge in [0, 0.05) is 13.2 Å². The van der Waals surface area contributed by atoms with Crippen molar-refractivity contribution in [3.8, 4) is 5.75 Å². The number of nitrogens with one attached hydrogen (secondary N) is 1. The van der Waals surface area contributed by atoms with Crippen LogP contribution in [0.5, 0.6) is 5.75 Å². The Hall–Kier alpha value is -1.75. The van der Waals surface area contributed by atoms with Crippen molar-refractivity contribution in [3.05, 3.63) is 17.7 Å². The Morgan fingerprint density at radius 1 is 1.39 bits per heavy atom. The first-order valence-corrected chi connectivity index (χ1v) is 6.19. The van der Waals surface area contributed by atoms with Crippen LogP contribution in [-0.4, -0.2) is 30.3 Å². The number of anilines is 1. The molecule has 2 heterocycles. The third-order valence-electron chi connectivity index (χ3n) is 3.54. The minimum atomic E-state index is 0.433. The fourth-order valence-corrected chi connectivity index (χ4v) is 2.61. The number of H-pyrrole nitrogens is 1. The molecule has 0 atom stereocenters. The largest absolute Gasteiger partial charge is 0.494 e. The smallest absolute Gasteiger partial charge is 0.198 e. The number of rotatable bonds is 2. The molecule has 0 aliphatic carbocycles. The third-order valence-corrected chi connectivity index (χ3v) is 3.54. The maximum absolute atomic E-state index is 5.77. The van der Waals surface area contributed by atoms with Gasteiger partial charge in [-0.15, -0.1) is 0 Å². The van der Waals surface area contributed by atoms with Gasteiger partial charge in [0.1, 0.15) is 11.3 Å². The lowest BCUT2D eigenvalue weighted by Crippen LogP contribution is -2.14. The number of aromatic amines is 1. The van der Waals surface area contributed by atoms with Crippen LogP contribution < -0.4 is 10.5 Å². The quantitative estimate of drug-likeness (QED) is 0.851. The average molecular weight is 247 g/mol. The lowest BCUT2D eigenvalue weighted by molar-refractivity contribution is 0.0856. The van der Waals surface area contributed by atoms with E-state index in [1.807, 2.05) is 6.07 Å². The molecule has 3 N–H and O–H groups in total. The van der Waals surface area contributed by atoms with Crippen LogP contribution in [-0.2, 0) is 4.74 Å². The molecule has 0 bridgehead atoms. The van der Waals surface area contributed by atoms with Crippen molar-refractivity contribution in [2.75, 3.05) is 26.1 Å². The van der Waals surface area contributed by atoms with Crippen molar-refractivity contribution in [2.24, 2.45) is 0 Å². The van der Waals surface area contributed by atoms with Crippen molar-refractivity contribution >= 4 is 17.0 Å². The summed E-state index contributed by atoms with van der Waals surface area (Å²) >= 11 is 0. The summed E-state index contributed by atoms with van der Waals surface area (Å²) in [5.74, 6) is 1.71. The summed E-state index contributed by atoms with van der Waals surface area (Å²) in [6.07, 6.45) is 2.07. The lowest BCUT2D eigenvalue weighted by atomic mass is 9.90. The highest BCUT2D eigenvalue weighted by Crippen LogP contribution is 2.35. The number of nitrogen functional groups attached to an aromatic ring is 1. The summed E-state index contributed by atoms with van der Waals surface area (Å²) in [6, 6.07) is 4.07. The Kier molecular flexibility index (Phi) is 2.83. The molecule has 2 aromatic rings. The molecule has 1 aliphatic rings. The van der Waals surface area contributed by atoms with E-state index >= 15 is 0 Å². The highest BCUT2D eigenvalue weighted by atomic mass is 16.5. The maximum atomic E-state index is 5.77. The number of ether oxygens (including phenoxy) is 2. The Morgan fingerprint density at radius 3 is 2.89 bits per heavy atom. The molecule has 0 amide bonds. The van der Waals surface area contributed by atoms with Gasteiger partial charge in [0.25, 0.3) is 0 Å². The maximum Gasteiger partial charge on any atom is 0.198 e. The van der Waals surface area contributed by atoms with Crippen molar-refractivity contribution in [1.29, 1.82) is 0 Å². The van der Waals surface area contributed by atoms with Gasteiger partial charge in [-0.25, -0.2) is 4.98 Å². The number of hydrogen-bond donors (Lipinski definition) is 2. The SMILES string of the molecule is COc1ccc(C2CCOCC2)c2nc(N)[nH]c12. The van der Waals surface area contributed by atoms with Gasteiger partial charge < -0.3 is 20.2 Å². The highest BCUT2D eigenvalue weighted by Gasteiger charge is 2.21. The van der Waals surface area contributed by atoms with E-state index in [1.54, 1.807) is 7.11 Å². The molecule has 0 unspecified atom stereocenters. The van der Waals surface area contributed by atoms with Crippen molar-refractivity contribution in [1.82, 2.24) is 9.97 Å². The fraction of sp³-hybridized carbons (Fsp3) is 0.462. The number of hydrogen-bond acceptors (Lipinski definition) is 4. The molecule has 0 radical (unpaired) electrons. The first kappa shape index (κ1) is 11.3. The van der Waals surface area contributed by atoms with E-state index in [2.05, 4.69) is 16.0 Å². The minimum Gasteiger partial charge on any atom is -0.494 e. The Bertz CT molecular complexity index is 559. The molecular weight excluding hydrogens is 230 g/mol. The molecule has 5 heteroatoms. The number of methoxy groups -OCH3 is 1. The summed E-state index contributed by atoms with van der Waals surface area (Å²) in [5.41, 5.74) is 8.82. The monoisotopic (exact) mass is 247 g/mol. The minimum absolute atomic E-state index is 0.433. The first-order valence-electron chi connectivity index (χ1n) is 6.19. The third kappa shape index (κ3) is 1.80. The molecular formula is C13H17N3O2. The topological polar surface area (TPSA) is 73.2 Å². The molecule has 96 valence electrons. The van der Waals surface area contributed by atoms with Crippen LogP contribution in [0.25, 0.3) is 11.0 Å². The van der Waals surface area contributed by atoms with Gasteiger partial charge in [0.15, 0.2) is 5.95 Å². The number of nitrogens with two attached hydrogens (primary N) is 1. The van der Waals surface area contributed by atoms with Crippen molar-refractivity contribution < 1.29 is 9.47 Å². The van der Waals surface area contributed by atoms with Crippen LogP contribution in [0.4, 0.5) is 5.95 Å². The summed E-state index contributed by atoms with van der Waals surface area (Å²) in [6.45, 7) is 1.64. The summed E-state index contributed by atoms with van der Waals surface area (Å²) in [5, 5.41) is 0. The van der Waals surface area contributed by atoms with Crippen LogP contribution in [0.3, 0.4) is 0 Å². The van der Waals surface area contributed by atoms with Crippen LogP contribution in [0.15, 0.2) is 12.1 Å². The van der Waals surface area contributed by atoms with E-state index in [4.69, 9.17) is 15.2 Å². The van der Waals surface area contributed by atoms with E-state index in [-0.39, 0.29) is 0 Å². The number of aromatic nitrogens is 2. The van der Waals surface area contributed by atoms with Gasteiger partial charge in [0.05, 0.1) is 12.6 Å². The van der Waals surface area contributed by atoms with Crippen LogP contribution in [0.2, 0.25) is 0 Å². The predicted molar refractivity (Wildman–Crippen MR) is 69.9 cm³/mol. The van der Waals surface area contributed by atoms with Crippen LogP contribution >= 0.6 is 0 Å². The molecule has 1 saturated heterocycles. The predicted octanol–water partition coefficient (Wildman–Crippen LogP) is 2.05. The van der Waals surface area contributed by atoms with Gasteiger partial charge in [-0.05, 0) is 30.4 Å². The van der Waals surface area contributed by atoms with E-state index in [0.29, 0.717) is 11.9 Å². The van der Waals surface area contributed by atoms with E-state index < -0.39 is 0 Å². The zero-order valence-corrected chi connectivity index (χ0v) is 10.4. The molecule has 0 spiro atoms. The van der Waals surface area contributed by atoms with Gasteiger partial charge in [0.2, 0.25) is 0 Å². The van der Waals surface area contributed by atoms with Gasteiger partial charge in [-0.2, -0.15) is 0 Å². The van der Waals surface area contributed by atoms with E-state index in [1.165, 1.54) is 5.56 Å². The fourth-order valence-electron chi connectivity index (χ4n) is 2.61. The van der Waals surface area contributed by atoms with Crippen molar-refractivity contribution in [2.45, 2.75) is 18.8 Å². The average Bonchev–Trinajstić information content (AvgIpc) is 2.80. The summed E-state index contributed by atoms with van der Waals surface area (Å²) < 4.78 is 10.7. The molecule has 0 saturated carbocycles. The second kappa shape index (κ2) is 4.49. The van der Waals surface area contributed by atoms with E-state index in [9.17, 15) is 0 Å². The van der Waals surface area contributed by atoms with Gasteiger partial charge >= 0.3 is 0 Å². The lowest BCUT2D eigenvalue weighted by Gasteiger charge is -2.22. The molecule has 3 rings (SSSR count). The Balaban J connectivity index is 2.11. The van der Waals surface area contributed by atoms with Crippen LogP contribution in [0, 0.1) is 0 Å². The Labute approximate surface area is 105 Å². The van der Waals surface area contributed by atoms with Gasteiger partial charge in [-0.3, -0.25) is 0 Å². The summed E-state index contributed by atoms with van der Waals surface area (Å²) in [7, 11) is 1.65. The number of fused-ring (bicyclic) bond motifs is 1. The normalized spacial score (nSPS) is 17.2. The van der Waals surface area contributed by atoms with Crippen LogP contribution in [0.1, 0.15) is 24.3 Å². The number of nitrogens with zero attached hydrogens (tertiary/aromatic N) is 1.